The maximum atomic E-state index is 13.2. The molecule has 3 nitrogen and oxygen atoms in total. The van der Waals surface area contributed by atoms with E-state index in [0.717, 1.165) is 11.1 Å². The highest BCUT2D eigenvalue weighted by atomic mass is 35.5. The Bertz CT molecular complexity index is 579. The summed E-state index contributed by atoms with van der Waals surface area (Å²) in [4.78, 5) is 15.2. The van der Waals surface area contributed by atoms with Gasteiger partial charge in [-0.15, -0.1) is 0 Å². The first-order valence-corrected chi connectivity index (χ1v) is 5.94. The quantitative estimate of drug-likeness (QED) is 0.810. The van der Waals surface area contributed by atoms with Gasteiger partial charge in [-0.2, -0.15) is 0 Å². The van der Waals surface area contributed by atoms with Crippen LogP contribution in [0.1, 0.15) is 21.6 Å². The lowest BCUT2D eigenvalue weighted by atomic mass is 10.1. The van der Waals surface area contributed by atoms with E-state index in [1.165, 1.54) is 19.2 Å². The average Bonchev–Trinajstić information content (AvgIpc) is 2.37. The Kier molecular flexibility index (Phi) is 4.12. The predicted octanol–water partition coefficient (Wildman–Crippen LogP) is 3.25. The van der Waals surface area contributed by atoms with Crippen LogP contribution in [0.3, 0.4) is 0 Å². The lowest BCUT2D eigenvalue weighted by molar-refractivity contribution is 0.0594. The van der Waals surface area contributed by atoms with Crippen molar-refractivity contribution in [2.75, 3.05) is 7.11 Å². The topological polar surface area (TPSA) is 39.2 Å². The Morgan fingerprint density at radius 1 is 1.32 bits per heavy atom. The normalized spacial score (nSPS) is 10.3. The van der Waals surface area contributed by atoms with E-state index in [1.54, 1.807) is 24.4 Å². The fourth-order valence-electron chi connectivity index (χ4n) is 1.70. The van der Waals surface area contributed by atoms with E-state index in [1.807, 2.05) is 0 Å². The third-order valence-corrected chi connectivity index (χ3v) is 2.77. The smallest absolute Gasteiger partial charge is 0.356 e. The van der Waals surface area contributed by atoms with Crippen LogP contribution in [0.5, 0.6) is 0 Å². The molecule has 98 valence electrons. The molecule has 2 aromatic rings. The van der Waals surface area contributed by atoms with Gasteiger partial charge >= 0.3 is 5.97 Å². The van der Waals surface area contributed by atoms with Crippen LogP contribution in [0.15, 0.2) is 36.5 Å². The maximum absolute atomic E-state index is 13.2. The van der Waals surface area contributed by atoms with Gasteiger partial charge in [0.2, 0.25) is 0 Å². The van der Waals surface area contributed by atoms with Crippen molar-refractivity contribution < 1.29 is 13.9 Å². The summed E-state index contributed by atoms with van der Waals surface area (Å²) in [7, 11) is 1.30. The van der Waals surface area contributed by atoms with Crippen LogP contribution in [0.25, 0.3) is 0 Å². The molecule has 0 aliphatic carbocycles. The van der Waals surface area contributed by atoms with Crippen LogP contribution in [-0.2, 0) is 11.2 Å². The first kappa shape index (κ1) is 13.5. The molecule has 0 saturated carbocycles. The molecule has 0 saturated heterocycles. The average molecular weight is 280 g/mol. The third kappa shape index (κ3) is 3.51. The van der Waals surface area contributed by atoms with E-state index in [9.17, 15) is 9.18 Å². The van der Waals surface area contributed by atoms with Crippen molar-refractivity contribution in [3.05, 3.63) is 64.2 Å². The van der Waals surface area contributed by atoms with Gasteiger partial charge in [0, 0.05) is 11.2 Å². The molecule has 1 aromatic heterocycles. The molecule has 5 heteroatoms. The molecule has 0 bridgehead atoms. The number of benzene rings is 1. The molecule has 0 aliphatic rings. The molecule has 0 fully saturated rings. The van der Waals surface area contributed by atoms with E-state index in [-0.39, 0.29) is 11.5 Å². The summed E-state index contributed by atoms with van der Waals surface area (Å²) in [6.45, 7) is 0. The molecule has 0 radical (unpaired) electrons. The molecule has 0 aliphatic heterocycles. The van der Waals surface area contributed by atoms with Crippen LogP contribution in [0.2, 0.25) is 5.02 Å². The van der Waals surface area contributed by atoms with Gasteiger partial charge in [0.25, 0.3) is 0 Å². The summed E-state index contributed by atoms with van der Waals surface area (Å²) in [5, 5.41) is 0.356. The fourth-order valence-corrected chi connectivity index (χ4v) is 1.95. The minimum absolute atomic E-state index is 0.239. The second kappa shape index (κ2) is 5.80. The van der Waals surface area contributed by atoms with Crippen molar-refractivity contribution in [3.8, 4) is 0 Å². The molecule has 1 heterocycles. The van der Waals surface area contributed by atoms with E-state index in [2.05, 4.69) is 9.72 Å². The molecule has 1 aromatic carbocycles. The van der Waals surface area contributed by atoms with Crippen molar-refractivity contribution in [2.45, 2.75) is 6.42 Å². The van der Waals surface area contributed by atoms with Crippen molar-refractivity contribution in [1.29, 1.82) is 0 Å². The number of hydrogen-bond acceptors (Lipinski definition) is 3. The predicted molar refractivity (Wildman–Crippen MR) is 69.8 cm³/mol. The molecule has 0 atom stereocenters. The summed E-state index contributed by atoms with van der Waals surface area (Å²) in [5.41, 5.74) is 1.84. The SMILES string of the molecule is COC(=O)c1ccc(Cc2cc(F)cc(Cl)c2)cn1. The Morgan fingerprint density at radius 3 is 2.68 bits per heavy atom. The second-order valence-corrected chi connectivity index (χ2v) is 4.43. The fraction of sp³-hybridized carbons (Fsp3) is 0.143. The summed E-state index contributed by atoms with van der Waals surface area (Å²) in [6, 6.07) is 7.68. The summed E-state index contributed by atoms with van der Waals surface area (Å²) in [6.07, 6.45) is 2.05. The standard InChI is InChI=1S/C14H11ClFNO2/c1-19-14(18)13-3-2-9(8-17-13)4-10-5-11(15)7-12(16)6-10/h2-3,5-8H,4H2,1H3. The number of aromatic nitrogens is 1. The number of rotatable bonds is 3. The Balaban J connectivity index is 2.17. The van der Waals surface area contributed by atoms with Gasteiger partial charge in [-0.3, -0.25) is 0 Å². The van der Waals surface area contributed by atoms with Crippen LogP contribution in [0.4, 0.5) is 4.39 Å². The molecular formula is C14H11ClFNO2. The first-order chi connectivity index (χ1) is 9.08. The zero-order valence-corrected chi connectivity index (χ0v) is 10.9. The van der Waals surface area contributed by atoms with Crippen LogP contribution >= 0.6 is 11.6 Å². The second-order valence-electron chi connectivity index (χ2n) is 4.00. The Hall–Kier alpha value is -1.94. The van der Waals surface area contributed by atoms with Gasteiger partial charge in [0.05, 0.1) is 7.11 Å². The van der Waals surface area contributed by atoms with E-state index >= 15 is 0 Å². The molecule has 19 heavy (non-hydrogen) atoms. The number of ether oxygens (including phenoxy) is 1. The molecule has 2 rings (SSSR count). The van der Waals surface area contributed by atoms with Crippen LogP contribution in [-0.4, -0.2) is 18.1 Å². The van der Waals surface area contributed by atoms with E-state index in [0.29, 0.717) is 11.4 Å². The lowest BCUT2D eigenvalue weighted by Gasteiger charge is -2.04. The van der Waals surface area contributed by atoms with Crippen molar-refractivity contribution in [3.63, 3.8) is 0 Å². The lowest BCUT2D eigenvalue weighted by Crippen LogP contribution is -2.04. The molecule has 0 unspecified atom stereocenters. The van der Waals surface area contributed by atoms with Crippen molar-refractivity contribution in [1.82, 2.24) is 4.98 Å². The van der Waals surface area contributed by atoms with Gasteiger partial charge in [-0.05, 0) is 41.8 Å². The van der Waals surface area contributed by atoms with Crippen LogP contribution in [0, 0.1) is 5.82 Å². The van der Waals surface area contributed by atoms with Crippen molar-refractivity contribution in [2.24, 2.45) is 0 Å². The van der Waals surface area contributed by atoms with Gasteiger partial charge in [0.15, 0.2) is 0 Å². The number of nitrogens with zero attached hydrogens (tertiary/aromatic N) is 1. The van der Waals surface area contributed by atoms with Gasteiger partial charge in [0.1, 0.15) is 11.5 Å². The largest absolute Gasteiger partial charge is 0.464 e. The summed E-state index contributed by atoms with van der Waals surface area (Å²) >= 11 is 5.79. The molecule has 0 N–H and O–H groups in total. The highest BCUT2D eigenvalue weighted by molar-refractivity contribution is 6.30. The number of esters is 1. The monoisotopic (exact) mass is 279 g/mol. The zero-order valence-electron chi connectivity index (χ0n) is 10.2. The highest BCUT2D eigenvalue weighted by Gasteiger charge is 2.07. The third-order valence-electron chi connectivity index (χ3n) is 2.55. The number of halogens is 2. The Morgan fingerprint density at radius 2 is 2.11 bits per heavy atom. The highest BCUT2D eigenvalue weighted by Crippen LogP contribution is 2.17. The van der Waals surface area contributed by atoms with E-state index in [4.69, 9.17) is 11.6 Å². The number of pyridine rings is 1. The Labute approximate surface area is 115 Å². The number of carbonyl (C=O) groups excluding carboxylic acids is 1. The van der Waals surface area contributed by atoms with Gasteiger partial charge in [-0.25, -0.2) is 14.2 Å². The first-order valence-electron chi connectivity index (χ1n) is 5.56. The molecule has 0 amide bonds. The maximum Gasteiger partial charge on any atom is 0.356 e. The van der Waals surface area contributed by atoms with Crippen molar-refractivity contribution >= 4 is 17.6 Å². The van der Waals surface area contributed by atoms with Crippen LogP contribution < -0.4 is 0 Å². The minimum Gasteiger partial charge on any atom is -0.464 e. The molecular weight excluding hydrogens is 269 g/mol. The van der Waals surface area contributed by atoms with Gasteiger partial charge < -0.3 is 4.74 Å². The number of carbonyl (C=O) groups is 1. The molecule has 0 spiro atoms. The number of methoxy groups -OCH3 is 1. The summed E-state index contributed by atoms with van der Waals surface area (Å²) in [5.74, 6) is -0.859. The van der Waals surface area contributed by atoms with E-state index < -0.39 is 5.97 Å². The summed E-state index contributed by atoms with van der Waals surface area (Å²) < 4.78 is 17.7. The minimum atomic E-state index is -0.486. The zero-order chi connectivity index (χ0) is 13.8. The number of hydrogen-bond donors (Lipinski definition) is 0. The van der Waals surface area contributed by atoms with Gasteiger partial charge in [-0.1, -0.05) is 17.7 Å².